The van der Waals surface area contributed by atoms with Crippen molar-refractivity contribution in [2.24, 2.45) is 11.8 Å². The molecule has 0 saturated carbocycles. The van der Waals surface area contributed by atoms with E-state index in [1.165, 1.54) is 16.2 Å². The van der Waals surface area contributed by atoms with Crippen LogP contribution in [0.1, 0.15) is 100 Å². The Kier molecular flexibility index (Phi) is 11.1. The molecule has 1 aliphatic heterocycles. The summed E-state index contributed by atoms with van der Waals surface area (Å²) >= 11 is 1.27. The number of nitrogens with one attached hydrogen (secondary N) is 3. The van der Waals surface area contributed by atoms with Crippen LogP contribution in [0.3, 0.4) is 0 Å². The van der Waals surface area contributed by atoms with Gasteiger partial charge in [0.05, 0.1) is 18.2 Å². The van der Waals surface area contributed by atoms with E-state index in [1.807, 2.05) is 58.0 Å². The van der Waals surface area contributed by atoms with E-state index in [-0.39, 0.29) is 60.1 Å². The molecule has 3 heterocycles. The molecule has 3 atom stereocenters. The molecule has 258 valence electrons. The summed E-state index contributed by atoms with van der Waals surface area (Å²) in [5.41, 5.74) is 1.46. The standard InChI is InChI=1S/C36H42N6O6S/c1-20(2)29-34-41-31(23(6)48-34)33(45)37-22(5)16-42(17-28(43)39-30(21(3)4)35-38-26(19-49-35)32(44)40-29)36(46)25-14-10-11-15-27(25)47-18-24-12-8-7-9-13-24/h7-15,19-22,29-30H,16-18H2,1-6H3,(H,37,45)(H,39,43)(H,40,44)/t22-,29-,30+/m1/s1. The summed E-state index contributed by atoms with van der Waals surface area (Å²) in [7, 11) is 0. The smallest absolute Gasteiger partial charge is 0.273 e. The first-order chi connectivity index (χ1) is 23.4. The van der Waals surface area contributed by atoms with Crippen LogP contribution in [0.2, 0.25) is 0 Å². The summed E-state index contributed by atoms with van der Waals surface area (Å²) in [6, 6.07) is 14.7. The first kappa shape index (κ1) is 35.3. The van der Waals surface area contributed by atoms with Gasteiger partial charge in [-0.3, -0.25) is 19.2 Å². The van der Waals surface area contributed by atoms with Gasteiger partial charge in [-0.2, -0.15) is 0 Å². The minimum absolute atomic E-state index is 0.00713. The molecule has 13 heteroatoms. The van der Waals surface area contributed by atoms with Crippen LogP contribution in [-0.4, -0.2) is 57.6 Å². The normalized spacial score (nSPS) is 19.1. The summed E-state index contributed by atoms with van der Waals surface area (Å²) < 4.78 is 12.0. The molecule has 4 bridgehead atoms. The number of rotatable bonds is 6. The molecule has 0 spiro atoms. The van der Waals surface area contributed by atoms with Crippen LogP contribution in [0, 0.1) is 18.8 Å². The van der Waals surface area contributed by atoms with Gasteiger partial charge in [0, 0.05) is 18.0 Å². The number of nitrogens with zero attached hydrogens (tertiary/aromatic N) is 3. The average Bonchev–Trinajstić information content (AvgIpc) is 3.71. The maximum atomic E-state index is 14.2. The van der Waals surface area contributed by atoms with Crippen molar-refractivity contribution >= 4 is 35.0 Å². The average molecular weight is 687 g/mol. The number of aromatic nitrogens is 2. The van der Waals surface area contributed by atoms with E-state index in [0.29, 0.717) is 10.8 Å². The summed E-state index contributed by atoms with van der Waals surface area (Å²) in [5, 5.41) is 11.1. The maximum Gasteiger partial charge on any atom is 0.273 e. The highest BCUT2D eigenvalue weighted by Gasteiger charge is 2.31. The summed E-state index contributed by atoms with van der Waals surface area (Å²) in [6.07, 6.45) is 0. The van der Waals surface area contributed by atoms with Crippen LogP contribution in [0.5, 0.6) is 5.75 Å². The fourth-order valence-electron chi connectivity index (χ4n) is 5.49. The SMILES string of the molecule is Cc1oc2nc1C(=O)N[C@H](C)CN(C(=O)c1ccccc1OCc1ccccc1)CC(=O)N[C@@H](C(C)C)c1nc(cs1)C(=O)N[C@@H]2C(C)C. The first-order valence-electron chi connectivity index (χ1n) is 16.3. The number of thiazole rings is 1. The molecule has 1 aliphatic rings. The van der Waals surface area contributed by atoms with Crippen molar-refractivity contribution in [1.82, 2.24) is 30.8 Å². The Morgan fingerprint density at radius 2 is 1.63 bits per heavy atom. The van der Waals surface area contributed by atoms with Crippen LogP contribution in [0.25, 0.3) is 0 Å². The molecule has 12 nitrogen and oxygen atoms in total. The second kappa shape index (κ2) is 15.5. The van der Waals surface area contributed by atoms with Crippen LogP contribution < -0.4 is 20.7 Å². The number of carbonyl (C=O) groups is 4. The molecule has 0 radical (unpaired) electrons. The zero-order chi connectivity index (χ0) is 35.2. The first-order valence-corrected chi connectivity index (χ1v) is 17.2. The molecule has 4 aromatic rings. The van der Waals surface area contributed by atoms with Crippen LogP contribution in [0.4, 0.5) is 0 Å². The molecule has 0 unspecified atom stereocenters. The van der Waals surface area contributed by atoms with Crippen LogP contribution in [0.15, 0.2) is 64.4 Å². The second-order valence-electron chi connectivity index (χ2n) is 12.8. The Balaban J connectivity index is 1.49. The largest absolute Gasteiger partial charge is 0.488 e. The Bertz CT molecular complexity index is 1800. The molecule has 0 aliphatic carbocycles. The number of fused-ring (bicyclic) bond motifs is 4. The Morgan fingerprint density at radius 1 is 0.939 bits per heavy atom. The molecular weight excluding hydrogens is 644 g/mol. The van der Waals surface area contributed by atoms with Crippen LogP contribution in [-0.2, 0) is 11.4 Å². The van der Waals surface area contributed by atoms with Gasteiger partial charge < -0.3 is 30.0 Å². The third-order valence-electron chi connectivity index (χ3n) is 8.10. The fourth-order valence-corrected chi connectivity index (χ4v) is 6.51. The number of hydrogen-bond acceptors (Lipinski definition) is 9. The zero-order valence-electron chi connectivity index (χ0n) is 28.5. The van der Waals surface area contributed by atoms with E-state index in [0.717, 1.165) is 5.56 Å². The lowest BCUT2D eigenvalue weighted by atomic mass is 10.0. The van der Waals surface area contributed by atoms with Gasteiger partial charge in [-0.25, -0.2) is 9.97 Å². The number of hydrogen-bond donors (Lipinski definition) is 3. The van der Waals surface area contributed by atoms with Gasteiger partial charge in [0.1, 0.15) is 34.9 Å². The summed E-state index contributed by atoms with van der Waals surface area (Å²) in [6.45, 7) is 11.0. The van der Waals surface area contributed by atoms with Crippen molar-refractivity contribution in [3.05, 3.63) is 99.2 Å². The van der Waals surface area contributed by atoms with Gasteiger partial charge in [-0.15, -0.1) is 11.3 Å². The van der Waals surface area contributed by atoms with Gasteiger partial charge in [-0.05, 0) is 43.4 Å². The second-order valence-corrected chi connectivity index (χ2v) is 13.7. The third-order valence-corrected chi connectivity index (χ3v) is 9.03. The number of carbonyl (C=O) groups excluding carboxylic acids is 4. The molecule has 0 fully saturated rings. The van der Waals surface area contributed by atoms with Crippen molar-refractivity contribution in [3.8, 4) is 5.75 Å². The van der Waals surface area contributed by atoms with Gasteiger partial charge >= 0.3 is 0 Å². The van der Waals surface area contributed by atoms with Crippen molar-refractivity contribution in [2.45, 2.75) is 66.3 Å². The van der Waals surface area contributed by atoms with Gasteiger partial charge in [-0.1, -0.05) is 70.2 Å². The third kappa shape index (κ3) is 8.52. The Hall–Kier alpha value is -5.04. The molecule has 5 rings (SSSR count). The highest BCUT2D eigenvalue weighted by atomic mass is 32.1. The molecule has 0 saturated heterocycles. The van der Waals surface area contributed by atoms with Crippen molar-refractivity contribution in [1.29, 1.82) is 0 Å². The van der Waals surface area contributed by atoms with Crippen molar-refractivity contribution < 1.29 is 28.3 Å². The molecular formula is C36H42N6O6S. The quantitative estimate of drug-likeness (QED) is 0.249. The molecule has 49 heavy (non-hydrogen) atoms. The number of para-hydroxylation sites is 1. The molecule has 4 amide bonds. The van der Waals surface area contributed by atoms with E-state index in [1.54, 1.807) is 43.5 Å². The predicted octanol–water partition coefficient (Wildman–Crippen LogP) is 5.23. The van der Waals surface area contributed by atoms with Crippen molar-refractivity contribution in [3.63, 3.8) is 0 Å². The maximum absolute atomic E-state index is 14.2. The van der Waals surface area contributed by atoms with E-state index in [2.05, 4.69) is 25.9 Å². The minimum atomic E-state index is -0.632. The number of amides is 4. The fraction of sp³-hybridized carbons (Fsp3) is 0.389. The number of oxazole rings is 1. The number of ether oxygens (including phenoxy) is 1. The lowest BCUT2D eigenvalue weighted by molar-refractivity contribution is -0.122. The topological polar surface area (TPSA) is 156 Å². The van der Waals surface area contributed by atoms with Crippen molar-refractivity contribution in [2.75, 3.05) is 13.1 Å². The summed E-state index contributed by atoms with van der Waals surface area (Å²) in [5.74, 6) is -1.16. The van der Waals surface area contributed by atoms with Gasteiger partial charge in [0.25, 0.3) is 17.7 Å². The zero-order valence-corrected chi connectivity index (χ0v) is 29.3. The highest BCUT2D eigenvalue weighted by Crippen LogP contribution is 2.28. The van der Waals surface area contributed by atoms with Crippen LogP contribution >= 0.6 is 11.3 Å². The van der Waals surface area contributed by atoms with E-state index in [9.17, 15) is 19.2 Å². The lowest BCUT2D eigenvalue weighted by Gasteiger charge is -2.28. The molecule has 3 N–H and O–H groups in total. The predicted molar refractivity (Wildman–Crippen MR) is 184 cm³/mol. The van der Waals surface area contributed by atoms with Gasteiger partial charge in [0.2, 0.25) is 11.8 Å². The minimum Gasteiger partial charge on any atom is -0.488 e. The monoisotopic (exact) mass is 686 g/mol. The number of benzene rings is 2. The highest BCUT2D eigenvalue weighted by molar-refractivity contribution is 7.09. The molecule has 2 aromatic carbocycles. The molecule has 2 aromatic heterocycles. The van der Waals surface area contributed by atoms with E-state index in [4.69, 9.17) is 9.15 Å². The van der Waals surface area contributed by atoms with Gasteiger partial charge in [0.15, 0.2) is 5.69 Å². The van der Waals surface area contributed by atoms with E-state index < -0.39 is 41.8 Å². The summed E-state index contributed by atoms with van der Waals surface area (Å²) in [4.78, 5) is 65.1. The Morgan fingerprint density at radius 3 is 2.35 bits per heavy atom. The Labute approximate surface area is 289 Å². The lowest BCUT2D eigenvalue weighted by Crippen LogP contribution is -2.48. The van der Waals surface area contributed by atoms with E-state index >= 15 is 0 Å². The number of aryl methyl sites for hydroxylation is 1.